The van der Waals surface area contributed by atoms with E-state index in [0.29, 0.717) is 10.6 Å². The topological polar surface area (TPSA) is 46.2 Å². The highest BCUT2D eigenvalue weighted by Crippen LogP contribution is 2.23. The third-order valence-corrected chi connectivity index (χ3v) is 5.20. The zero-order chi connectivity index (χ0) is 14.0. The summed E-state index contributed by atoms with van der Waals surface area (Å²) in [6.45, 7) is 3.73. The lowest BCUT2D eigenvalue weighted by Crippen LogP contribution is -2.14. The van der Waals surface area contributed by atoms with E-state index < -0.39 is 10.0 Å². The Kier molecular flexibility index (Phi) is 3.96. The zero-order valence-corrected chi connectivity index (χ0v) is 13.0. The first-order chi connectivity index (χ1) is 8.90. The lowest BCUT2D eigenvalue weighted by molar-refractivity contribution is 0.600. The van der Waals surface area contributed by atoms with Crippen molar-refractivity contribution in [2.45, 2.75) is 18.7 Å². The number of sulfonamides is 1. The summed E-state index contributed by atoms with van der Waals surface area (Å²) in [6, 6.07) is 12.3. The van der Waals surface area contributed by atoms with Crippen LogP contribution in [0.25, 0.3) is 0 Å². The van der Waals surface area contributed by atoms with Crippen molar-refractivity contribution >= 4 is 31.6 Å². The van der Waals surface area contributed by atoms with Crippen LogP contribution in [0.5, 0.6) is 0 Å². The van der Waals surface area contributed by atoms with E-state index in [9.17, 15) is 8.42 Å². The minimum atomic E-state index is -3.54. The highest BCUT2D eigenvalue weighted by Gasteiger charge is 2.16. The molecule has 0 spiro atoms. The molecular weight excluding hydrogens is 326 g/mol. The summed E-state index contributed by atoms with van der Waals surface area (Å²) in [5.74, 6) is 0. The Bertz CT molecular complexity index is 711. The Morgan fingerprint density at radius 2 is 1.68 bits per heavy atom. The maximum absolute atomic E-state index is 12.3. The Balaban J connectivity index is 2.37. The van der Waals surface area contributed by atoms with E-state index in [1.165, 1.54) is 0 Å². The second-order valence-corrected chi connectivity index (χ2v) is 6.84. The first-order valence-corrected chi connectivity index (χ1v) is 8.02. The van der Waals surface area contributed by atoms with Crippen molar-refractivity contribution in [1.29, 1.82) is 0 Å². The summed E-state index contributed by atoms with van der Waals surface area (Å²) in [7, 11) is -3.54. The summed E-state index contributed by atoms with van der Waals surface area (Å²) in [5, 5.41) is 0. The van der Waals surface area contributed by atoms with E-state index in [0.717, 1.165) is 15.6 Å². The molecule has 0 amide bonds. The van der Waals surface area contributed by atoms with Gasteiger partial charge in [0.15, 0.2) is 0 Å². The molecule has 0 aliphatic carbocycles. The number of benzene rings is 2. The number of nitrogens with one attached hydrogen (secondary N) is 1. The van der Waals surface area contributed by atoms with Gasteiger partial charge in [-0.25, -0.2) is 8.42 Å². The van der Waals surface area contributed by atoms with Crippen molar-refractivity contribution < 1.29 is 8.42 Å². The Morgan fingerprint density at radius 3 is 2.32 bits per heavy atom. The molecule has 2 rings (SSSR count). The molecule has 3 nitrogen and oxygen atoms in total. The van der Waals surface area contributed by atoms with Crippen LogP contribution in [0, 0.1) is 13.8 Å². The van der Waals surface area contributed by atoms with Crippen LogP contribution >= 0.6 is 15.9 Å². The molecule has 19 heavy (non-hydrogen) atoms. The molecule has 0 unspecified atom stereocenters. The molecule has 2 aromatic rings. The van der Waals surface area contributed by atoms with Gasteiger partial charge in [0, 0.05) is 10.2 Å². The van der Waals surface area contributed by atoms with Crippen LogP contribution < -0.4 is 4.72 Å². The van der Waals surface area contributed by atoms with Gasteiger partial charge in [-0.05, 0) is 43.2 Å². The molecule has 0 radical (unpaired) electrons. The Hall–Kier alpha value is -1.33. The van der Waals surface area contributed by atoms with Crippen molar-refractivity contribution in [1.82, 2.24) is 0 Å². The maximum atomic E-state index is 12.3. The number of anilines is 1. The number of halogens is 1. The van der Waals surface area contributed by atoms with E-state index >= 15 is 0 Å². The third kappa shape index (κ3) is 3.16. The molecule has 1 N–H and O–H groups in total. The first kappa shape index (κ1) is 14.1. The van der Waals surface area contributed by atoms with Crippen molar-refractivity contribution in [2.24, 2.45) is 0 Å². The van der Waals surface area contributed by atoms with Gasteiger partial charge in [0.25, 0.3) is 10.0 Å². The molecule has 100 valence electrons. The molecule has 0 aliphatic rings. The maximum Gasteiger partial charge on any atom is 0.262 e. The van der Waals surface area contributed by atoms with Crippen molar-refractivity contribution in [3.05, 3.63) is 58.1 Å². The minimum absolute atomic E-state index is 0.298. The Labute approximate surface area is 121 Å². The Morgan fingerprint density at radius 1 is 1.00 bits per heavy atom. The predicted molar refractivity (Wildman–Crippen MR) is 80.9 cm³/mol. The summed E-state index contributed by atoms with van der Waals surface area (Å²) < 4.78 is 28.0. The number of aryl methyl sites for hydroxylation is 2. The zero-order valence-electron chi connectivity index (χ0n) is 10.6. The second kappa shape index (κ2) is 5.35. The normalized spacial score (nSPS) is 11.3. The summed E-state index contributed by atoms with van der Waals surface area (Å²) in [4.78, 5) is 0.298. The molecule has 0 saturated heterocycles. The SMILES string of the molecule is Cc1ccc(NS(=O)(=O)c2ccccc2C)cc1Br. The van der Waals surface area contributed by atoms with Gasteiger partial charge in [0.1, 0.15) is 0 Å². The summed E-state index contributed by atoms with van der Waals surface area (Å²) in [5.41, 5.74) is 2.32. The minimum Gasteiger partial charge on any atom is -0.280 e. The van der Waals surface area contributed by atoms with Gasteiger partial charge in [0.05, 0.1) is 4.90 Å². The van der Waals surface area contributed by atoms with Gasteiger partial charge in [0.2, 0.25) is 0 Å². The van der Waals surface area contributed by atoms with Gasteiger partial charge >= 0.3 is 0 Å². The fraction of sp³-hybridized carbons (Fsp3) is 0.143. The van der Waals surface area contributed by atoms with Crippen LogP contribution in [0.3, 0.4) is 0 Å². The van der Waals surface area contributed by atoms with Crippen LogP contribution in [0.2, 0.25) is 0 Å². The van der Waals surface area contributed by atoms with E-state index in [-0.39, 0.29) is 0 Å². The molecule has 0 heterocycles. The largest absolute Gasteiger partial charge is 0.280 e. The molecular formula is C14H14BrNO2S. The molecule has 5 heteroatoms. The van der Waals surface area contributed by atoms with E-state index in [1.54, 1.807) is 37.3 Å². The monoisotopic (exact) mass is 339 g/mol. The van der Waals surface area contributed by atoms with Gasteiger partial charge in [-0.3, -0.25) is 4.72 Å². The summed E-state index contributed by atoms with van der Waals surface area (Å²) in [6.07, 6.45) is 0. The van der Waals surface area contributed by atoms with Crippen LogP contribution in [-0.4, -0.2) is 8.42 Å². The average molecular weight is 340 g/mol. The van der Waals surface area contributed by atoms with Crippen LogP contribution in [-0.2, 0) is 10.0 Å². The average Bonchev–Trinajstić information content (AvgIpc) is 2.34. The van der Waals surface area contributed by atoms with E-state index in [4.69, 9.17) is 0 Å². The quantitative estimate of drug-likeness (QED) is 0.922. The number of hydrogen-bond acceptors (Lipinski definition) is 2. The first-order valence-electron chi connectivity index (χ1n) is 5.75. The van der Waals surface area contributed by atoms with Crippen LogP contribution in [0.15, 0.2) is 51.8 Å². The lowest BCUT2D eigenvalue weighted by atomic mass is 10.2. The molecule has 0 bridgehead atoms. The smallest absolute Gasteiger partial charge is 0.262 e. The van der Waals surface area contributed by atoms with E-state index in [1.807, 2.05) is 19.1 Å². The fourth-order valence-corrected chi connectivity index (χ4v) is 3.40. The molecule has 2 aromatic carbocycles. The third-order valence-electron chi connectivity index (χ3n) is 2.81. The standard InChI is InChI=1S/C14H14BrNO2S/c1-10-7-8-12(9-13(10)15)16-19(17,18)14-6-4-3-5-11(14)2/h3-9,16H,1-2H3. The van der Waals surface area contributed by atoms with Crippen molar-refractivity contribution in [3.63, 3.8) is 0 Å². The summed E-state index contributed by atoms with van der Waals surface area (Å²) >= 11 is 3.39. The number of rotatable bonds is 3. The molecule has 0 aromatic heterocycles. The van der Waals surface area contributed by atoms with Gasteiger partial charge in [-0.15, -0.1) is 0 Å². The molecule has 0 aliphatic heterocycles. The highest BCUT2D eigenvalue weighted by molar-refractivity contribution is 9.10. The fourth-order valence-electron chi connectivity index (χ4n) is 1.72. The van der Waals surface area contributed by atoms with Crippen molar-refractivity contribution in [3.8, 4) is 0 Å². The van der Waals surface area contributed by atoms with Crippen LogP contribution in [0.4, 0.5) is 5.69 Å². The van der Waals surface area contributed by atoms with E-state index in [2.05, 4.69) is 20.7 Å². The number of hydrogen-bond donors (Lipinski definition) is 1. The lowest BCUT2D eigenvalue weighted by Gasteiger charge is -2.11. The van der Waals surface area contributed by atoms with Gasteiger partial charge in [-0.1, -0.05) is 40.2 Å². The molecule has 0 fully saturated rings. The second-order valence-electron chi connectivity index (χ2n) is 4.33. The highest BCUT2D eigenvalue weighted by atomic mass is 79.9. The molecule has 0 saturated carbocycles. The molecule has 0 atom stereocenters. The predicted octanol–water partition coefficient (Wildman–Crippen LogP) is 3.87. The van der Waals surface area contributed by atoms with Crippen molar-refractivity contribution in [2.75, 3.05) is 4.72 Å². The van der Waals surface area contributed by atoms with Gasteiger partial charge < -0.3 is 0 Å². The van der Waals surface area contributed by atoms with Gasteiger partial charge in [-0.2, -0.15) is 0 Å². The van der Waals surface area contributed by atoms with Crippen LogP contribution in [0.1, 0.15) is 11.1 Å².